The minimum absolute atomic E-state index is 0.127. The van der Waals surface area contributed by atoms with Gasteiger partial charge in [0.1, 0.15) is 0 Å². The maximum absolute atomic E-state index is 13.7. The van der Waals surface area contributed by atoms with Crippen LogP contribution in [0.15, 0.2) is 60.7 Å². The average Bonchev–Trinajstić information content (AvgIpc) is 2.88. The van der Waals surface area contributed by atoms with E-state index in [0.717, 1.165) is 4.67 Å². The molecular weight excluding hydrogens is 285 g/mol. The van der Waals surface area contributed by atoms with E-state index in [0.29, 0.717) is 10.6 Å². The Morgan fingerprint density at radius 1 is 0.714 bits per heavy atom. The van der Waals surface area contributed by atoms with Gasteiger partial charge in [0.2, 0.25) is 19.1 Å². The summed E-state index contributed by atoms with van der Waals surface area (Å²) in [5.74, 6) is -0.730. The lowest BCUT2D eigenvalue weighted by atomic mass is 10.4. The molecular formula is C16H14NO3P. The molecule has 1 aliphatic rings. The normalized spacial score (nSPS) is 15.5. The molecule has 1 saturated heterocycles. The second kappa shape index (κ2) is 5.30. The van der Waals surface area contributed by atoms with E-state index in [9.17, 15) is 14.2 Å². The molecule has 21 heavy (non-hydrogen) atoms. The molecule has 0 aromatic heterocycles. The standard InChI is InChI=1S/C16H14NO3P/c18-15-11-12-16(19)17(15)21(20,13-7-3-1-4-8-13)14-9-5-2-6-10-14/h1-10H,11-12H2. The topological polar surface area (TPSA) is 54.5 Å². The van der Waals surface area contributed by atoms with Gasteiger partial charge in [0.05, 0.1) is 0 Å². The molecule has 0 radical (unpaired) electrons. The predicted octanol–water partition coefficient (Wildman–Crippen LogP) is 2.06. The first-order chi connectivity index (χ1) is 10.1. The van der Waals surface area contributed by atoms with Crippen molar-refractivity contribution in [3.8, 4) is 0 Å². The molecule has 0 bridgehead atoms. The average molecular weight is 299 g/mol. The van der Waals surface area contributed by atoms with Crippen molar-refractivity contribution in [3.05, 3.63) is 60.7 Å². The molecule has 0 saturated carbocycles. The van der Waals surface area contributed by atoms with Crippen molar-refractivity contribution < 1.29 is 14.2 Å². The van der Waals surface area contributed by atoms with Crippen LogP contribution in [0, 0.1) is 0 Å². The van der Waals surface area contributed by atoms with Crippen LogP contribution in [0.25, 0.3) is 0 Å². The lowest BCUT2D eigenvalue weighted by molar-refractivity contribution is -0.132. The van der Waals surface area contributed by atoms with Crippen LogP contribution in [-0.4, -0.2) is 16.5 Å². The van der Waals surface area contributed by atoms with E-state index in [4.69, 9.17) is 0 Å². The SMILES string of the molecule is O=C1CCC(=O)N1P(=O)(c1ccccc1)c1ccccc1. The lowest BCUT2D eigenvalue weighted by Gasteiger charge is -2.27. The Morgan fingerprint density at radius 3 is 1.48 bits per heavy atom. The summed E-state index contributed by atoms with van der Waals surface area (Å²) in [7, 11) is -3.45. The zero-order chi connectivity index (χ0) is 14.9. The van der Waals surface area contributed by atoms with E-state index in [1.807, 2.05) is 12.1 Å². The van der Waals surface area contributed by atoms with Gasteiger partial charge < -0.3 is 0 Å². The molecule has 2 aromatic rings. The van der Waals surface area contributed by atoms with Gasteiger partial charge in [-0.05, 0) is 24.3 Å². The molecule has 1 fully saturated rings. The molecule has 2 aromatic carbocycles. The second-order valence-corrected chi connectivity index (χ2v) is 7.43. The number of amides is 2. The van der Waals surface area contributed by atoms with Crippen molar-refractivity contribution in [2.45, 2.75) is 12.8 Å². The molecule has 0 N–H and O–H groups in total. The zero-order valence-electron chi connectivity index (χ0n) is 11.3. The van der Waals surface area contributed by atoms with Gasteiger partial charge >= 0.3 is 0 Å². The third-order valence-corrected chi connectivity index (χ3v) is 6.52. The molecule has 4 nitrogen and oxygen atoms in total. The monoisotopic (exact) mass is 299 g/mol. The van der Waals surface area contributed by atoms with Gasteiger partial charge in [-0.25, -0.2) is 4.67 Å². The number of hydrogen-bond acceptors (Lipinski definition) is 3. The van der Waals surface area contributed by atoms with Gasteiger partial charge in [-0.1, -0.05) is 36.4 Å². The van der Waals surface area contributed by atoms with E-state index in [-0.39, 0.29) is 24.7 Å². The fourth-order valence-corrected chi connectivity index (χ4v) is 5.26. The highest BCUT2D eigenvalue weighted by molar-refractivity contribution is 7.77. The quantitative estimate of drug-likeness (QED) is 0.644. The van der Waals surface area contributed by atoms with Gasteiger partial charge in [-0.2, -0.15) is 0 Å². The maximum atomic E-state index is 13.7. The number of rotatable bonds is 3. The van der Waals surface area contributed by atoms with E-state index in [1.165, 1.54) is 0 Å². The van der Waals surface area contributed by atoms with Crippen LogP contribution in [0.4, 0.5) is 0 Å². The molecule has 106 valence electrons. The Balaban J connectivity index is 2.24. The van der Waals surface area contributed by atoms with E-state index < -0.39 is 7.29 Å². The molecule has 1 heterocycles. The van der Waals surface area contributed by atoms with E-state index in [2.05, 4.69) is 0 Å². The van der Waals surface area contributed by atoms with E-state index in [1.54, 1.807) is 48.5 Å². The van der Waals surface area contributed by atoms with Crippen molar-refractivity contribution in [2.75, 3.05) is 0 Å². The third-order valence-electron chi connectivity index (χ3n) is 3.52. The molecule has 0 aliphatic carbocycles. The highest BCUT2D eigenvalue weighted by Crippen LogP contribution is 2.50. The van der Waals surface area contributed by atoms with Gasteiger partial charge in [0, 0.05) is 23.5 Å². The maximum Gasteiger partial charge on any atom is 0.238 e. The Hall–Kier alpha value is -2.19. The second-order valence-electron chi connectivity index (χ2n) is 4.85. The molecule has 5 heteroatoms. The first-order valence-electron chi connectivity index (χ1n) is 6.71. The fourth-order valence-electron chi connectivity index (χ4n) is 2.52. The fraction of sp³-hybridized carbons (Fsp3) is 0.125. The van der Waals surface area contributed by atoms with Crippen LogP contribution >= 0.6 is 7.29 Å². The van der Waals surface area contributed by atoms with Crippen LogP contribution in [0.2, 0.25) is 0 Å². The summed E-state index contributed by atoms with van der Waals surface area (Å²) >= 11 is 0. The number of imide groups is 1. The summed E-state index contributed by atoms with van der Waals surface area (Å²) in [5, 5.41) is 1.000. The number of nitrogens with zero attached hydrogens (tertiary/aromatic N) is 1. The number of carbonyl (C=O) groups excluding carboxylic acids is 2. The number of carbonyl (C=O) groups is 2. The minimum Gasteiger partial charge on any atom is -0.289 e. The summed E-state index contributed by atoms with van der Waals surface area (Å²) in [6.45, 7) is 0. The smallest absolute Gasteiger partial charge is 0.238 e. The summed E-state index contributed by atoms with van der Waals surface area (Å²) in [4.78, 5) is 24.2. The highest BCUT2D eigenvalue weighted by atomic mass is 31.2. The molecule has 1 aliphatic heterocycles. The third kappa shape index (κ3) is 2.22. The van der Waals surface area contributed by atoms with Crippen LogP contribution in [0.5, 0.6) is 0 Å². The van der Waals surface area contributed by atoms with Crippen LogP contribution in [0.3, 0.4) is 0 Å². The molecule has 0 atom stereocenters. The highest BCUT2D eigenvalue weighted by Gasteiger charge is 2.45. The number of benzene rings is 2. The van der Waals surface area contributed by atoms with Crippen LogP contribution in [0.1, 0.15) is 12.8 Å². The summed E-state index contributed by atoms with van der Waals surface area (Å²) < 4.78 is 14.7. The van der Waals surface area contributed by atoms with Crippen molar-refractivity contribution in [3.63, 3.8) is 0 Å². The Morgan fingerprint density at radius 2 is 1.10 bits per heavy atom. The van der Waals surface area contributed by atoms with Gasteiger partial charge in [0.15, 0.2) is 0 Å². The lowest BCUT2D eigenvalue weighted by Crippen LogP contribution is -2.35. The van der Waals surface area contributed by atoms with Crippen LogP contribution < -0.4 is 10.6 Å². The Kier molecular flexibility index (Phi) is 3.48. The van der Waals surface area contributed by atoms with Gasteiger partial charge in [-0.3, -0.25) is 14.2 Å². The predicted molar refractivity (Wildman–Crippen MR) is 80.8 cm³/mol. The van der Waals surface area contributed by atoms with Crippen molar-refractivity contribution in [1.29, 1.82) is 0 Å². The summed E-state index contributed by atoms with van der Waals surface area (Å²) in [6, 6.07) is 17.5. The minimum atomic E-state index is -3.45. The van der Waals surface area contributed by atoms with Crippen molar-refractivity contribution in [1.82, 2.24) is 4.67 Å². The van der Waals surface area contributed by atoms with Gasteiger partial charge in [0.25, 0.3) is 0 Å². The number of hydrogen-bond donors (Lipinski definition) is 0. The summed E-state index contributed by atoms with van der Waals surface area (Å²) in [6.07, 6.45) is 0.255. The molecule has 0 spiro atoms. The van der Waals surface area contributed by atoms with Gasteiger partial charge in [-0.15, -0.1) is 0 Å². The molecule has 3 rings (SSSR count). The first kappa shape index (κ1) is 13.8. The van der Waals surface area contributed by atoms with E-state index >= 15 is 0 Å². The molecule has 2 amide bonds. The Labute approximate surface area is 122 Å². The largest absolute Gasteiger partial charge is 0.289 e. The zero-order valence-corrected chi connectivity index (χ0v) is 12.2. The summed E-state index contributed by atoms with van der Waals surface area (Å²) in [5.41, 5.74) is 0. The Bertz CT molecular complexity index is 668. The van der Waals surface area contributed by atoms with Crippen LogP contribution in [-0.2, 0) is 14.2 Å². The van der Waals surface area contributed by atoms with Crippen molar-refractivity contribution in [2.24, 2.45) is 0 Å². The van der Waals surface area contributed by atoms with Crippen molar-refractivity contribution >= 4 is 29.7 Å². The molecule has 0 unspecified atom stereocenters. The first-order valence-corrected chi connectivity index (χ1v) is 8.37.